The van der Waals surface area contributed by atoms with Crippen LogP contribution in [0.5, 0.6) is 0 Å². The van der Waals surface area contributed by atoms with Crippen LogP contribution in [0.15, 0.2) is 60.7 Å². The molecule has 0 aliphatic heterocycles. The second kappa shape index (κ2) is 8.36. The van der Waals surface area contributed by atoms with Crippen LogP contribution in [0.1, 0.15) is 43.8 Å². The number of para-hydroxylation sites is 1. The number of nitrogens with zero attached hydrogens (tertiary/aromatic N) is 2. The van der Waals surface area contributed by atoms with Gasteiger partial charge in [0, 0.05) is 16.5 Å². The third-order valence-corrected chi connectivity index (χ3v) is 5.36. The molecule has 10 heteroatoms. The summed E-state index contributed by atoms with van der Waals surface area (Å²) in [7, 11) is 0. The Balaban J connectivity index is 1.95. The SMILES string of the molecule is Cc1cccc(C(F)(F)F)c1C(=O)n1nc(-c2ccc(C(=O)O)c(C(F)F)c2)c2ccccc21. The maximum atomic E-state index is 13.6. The molecule has 1 aromatic heterocycles. The van der Waals surface area contributed by atoms with E-state index in [9.17, 15) is 36.6 Å². The molecule has 0 aliphatic rings. The van der Waals surface area contributed by atoms with Gasteiger partial charge in [0.25, 0.3) is 12.3 Å². The lowest BCUT2D eigenvalue weighted by Gasteiger charge is -2.14. The highest BCUT2D eigenvalue weighted by Gasteiger charge is 2.37. The molecular formula is C24H15F5N2O3. The Morgan fingerprint density at radius 2 is 1.71 bits per heavy atom. The summed E-state index contributed by atoms with van der Waals surface area (Å²) in [5, 5.41) is 13.7. The molecule has 4 aromatic rings. The van der Waals surface area contributed by atoms with Crippen LogP contribution in [0.2, 0.25) is 0 Å². The average Bonchev–Trinajstić information content (AvgIpc) is 3.17. The van der Waals surface area contributed by atoms with Crippen LogP contribution in [0.3, 0.4) is 0 Å². The smallest absolute Gasteiger partial charge is 0.417 e. The molecule has 0 atom stereocenters. The Hall–Kier alpha value is -4.08. The van der Waals surface area contributed by atoms with Gasteiger partial charge in [-0.25, -0.2) is 13.6 Å². The molecule has 0 aliphatic carbocycles. The largest absolute Gasteiger partial charge is 0.478 e. The van der Waals surface area contributed by atoms with E-state index in [0.29, 0.717) is 5.39 Å². The van der Waals surface area contributed by atoms with E-state index in [1.54, 1.807) is 12.1 Å². The van der Waals surface area contributed by atoms with Gasteiger partial charge in [-0.05, 0) is 36.8 Å². The first-order valence-corrected chi connectivity index (χ1v) is 9.85. The van der Waals surface area contributed by atoms with Gasteiger partial charge in [-0.15, -0.1) is 0 Å². The number of aryl methyl sites for hydroxylation is 1. The van der Waals surface area contributed by atoms with Gasteiger partial charge in [0.1, 0.15) is 5.69 Å². The van der Waals surface area contributed by atoms with Crippen molar-refractivity contribution in [2.75, 3.05) is 0 Å². The Morgan fingerprint density at radius 3 is 2.35 bits per heavy atom. The molecule has 0 radical (unpaired) electrons. The van der Waals surface area contributed by atoms with E-state index in [1.165, 1.54) is 37.3 Å². The molecule has 3 aromatic carbocycles. The average molecular weight is 474 g/mol. The zero-order chi connectivity index (χ0) is 24.8. The van der Waals surface area contributed by atoms with Crippen molar-refractivity contribution in [3.8, 4) is 11.3 Å². The normalized spacial score (nSPS) is 11.9. The summed E-state index contributed by atoms with van der Waals surface area (Å²) in [6.45, 7) is 1.37. The standard InChI is InChI=1S/C24H15F5N2O3/c1-12-5-4-7-17(24(27,28)29)19(12)22(32)31-18-8-3-2-6-15(18)20(30-31)13-9-10-14(23(33)34)16(11-13)21(25)26/h2-11,21H,1H3,(H,33,34). The molecule has 0 fully saturated rings. The van der Waals surface area contributed by atoms with Crippen molar-refractivity contribution >= 4 is 22.8 Å². The minimum Gasteiger partial charge on any atom is -0.478 e. The van der Waals surface area contributed by atoms with Crippen LogP contribution >= 0.6 is 0 Å². The molecule has 0 unspecified atom stereocenters. The molecule has 1 heterocycles. The molecule has 174 valence electrons. The van der Waals surface area contributed by atoms with Crippen molar-refractivity contribution < 1.29 is 36.6 Å². The zero-order valence-corrected chi connectivity index (χ0v) is 17.4. The second-order valence-corrected chi connectivity index (χ2v) is 7.49. The quantitative estimate of drug-likeness (QED) is 0.350. The fraction of sp³-hybridized carbons (Fsp3) is 0.125. The minimum absolute atomic E-state index is 0.0462. The topological polar surface area (TPSA) is 72.2 Å². The van der Waals surface area contributed by atoms with Gasteiger partial charge in [-0.2, -0.15) is 23.0 Å². The van der Waals surface area contributed by atoms with E-state index in [0.717, 1.165) is 22.9 Å². The summed E-state index contributed by atoms with van der Waals surface area (Å²) in [5.41, 5.74) is -2.64. The van der Waals surface area contributed by atoms with E-state index in [4.69, 9.17) is 0 Å². The number of carbonyl (C=O) groups excluding carboxylic acids is 1. The van der Waals surface area contributed by atoms with Crippen LogP contribution in [-0.2, 0) is 6.18 Å². The second-order valence-electron chi connectivity index (χ2n) is 7.49. The number of rotatable bonds is 4. The highest BCUT2D eigenvalue weighted by Crippen LogP contribution is 2.36. The Morgan fingerprint density at radius 1 is 1.00 bits per heavy atom. The molecule has 34 heavy (non-hydrogen) atoms. The first-order chi connectivity index (χ1) is 16.0. The molecule has 0 saturated heterocycles. The molecule has 5 nitrogen and oxygen atoms in total. The Labute approximate surface area is 189 Å². The van der Waals surface area contributed by atoms with Gasteiger partial charge in [0.15, 0.2) is 0 Å². The van der Waals surface area contributed by atoms with E-state index in [1.807, 2.05) is 0 Å². The van der Waals surface area contributed by atoms with Gasteiger partial charge in [-0.3, -0.25) is 4.79 Å². The van der Waals surface area contributed by atoms with E-state index >= 15 is 0 Å². The Kier molecular flexibility index (Phi) is 5.68. The van der Waals surface area contributed by atoms with Crippen molar-refractivity contribution in [1.82, 2.24) is 9.78 Å². The van der Waals surface area contributed by atoms with E-state index < -0.39 is 46.7 Å². The highest BCUT2D eigenvalue weighted by molar-refractivity contribution is 6.06. The van der Waals surface area contributed by atoms with E-state index in [2.05, 4.69) is 5.10 Å². The third-order valence-electron chi connectivity index (χ3n) is 5.36. The lowest BCUT2D eigenvalue weighted by atomic mass is 10.0. The zero-order valence-electron chi connectivity index (χ0n) is 17.4. The van der Waals surface area contributed by atoms with Crippen LogP contribution in [-0.4, -0.2) is 26.8 Å². The van der Waals surface area contributed by atoms with Crippen LogP contribution in [0, 0.1) is 6.92 Å². The molecule has 0 amide bonds. The van der Waals surface area contributed by atoms with Gasteiger partial charge < -0.3 is 5.11 Å². The van der Waals surface area contributed by atoms with Gasteiger partial charge >= 0.3 is 12.1 Å². The first kappa shape index (κ1) is 23.1. The number of fused-ring (bicyclic) bond motifs is 1. The molecule has 1 N–H and O–H groups in total. The molecule has 0 bridgehead atoms. The number of hydrogen-bond acceptors (Lipinski definition) is 3. The highest BCUT2D eigenvalue weighted by atomic mass is 19.4. The van der Waals surface area contributed by atoms with Crippen LogP contribution < -0.4 is 0 Å². The number of alkyl halides is 5. The third kappa shape index (κ3) is 3.91. The number of carboxylic acids is 1. The summed E-state index contributed by atoms with van der Waals surface area (Å²) in [5.74, 6) is -2.57. The molecule has 0 saturated carbocycles. The number of aromatic nitrogens is 2. The molecule has 0 spiro atoms. The molecular weight excluding hydrogens is 459 g/mol. The van der Waals surface area contributed by atoms with Crippen LogP contribution in [0.25, 0.3) is 22.2 Å². The minimum atomic E-state index is -4.79. The fourth-order valence-corrected chi connectivity index (χ4v) is 3.81. The number of hydrogen-bond donors (Lipinski definition) is 1. The van der Waals surface area contributed by atoms with Gasteiger partial charge in [0.2, 0.25) is 0 Å². The summed E-state index contributed by atoms with van der Waals surface area (Å²) in [6, 6.07) is 12.7. The van der Waals surface area contributed by atoms with Crippen molar-refractivity contribution in [3.63, 3.8) is 0 Å². The number of benzene rings is 3. The Bertz CT molecular complexity index is 1440. The van der Waals surface area contributed by atoms with Crippen LogP contribution in [0.4, 0.5) is 22.0 Å². The summed E-state index contributed by atoms with van der Waals surface area (Å²) >= 11 is 0. The number of halogens is 5. The summed E-state index contributed by atoms with van der Waals surface area (Å²) in [4.78, 5) is 24.6. The molecule has 4 rings (SSSR count). The predicted octanol–water partition coefficient (Wildman–Crippen LogP) is 6.35. The maximum Gasteiger partial charge on any atom is 0.417 e. The monoisotopic (exact) mass is 474 g/mol. The van der Waals surface area contributed by atoms with Crippen molar-refractivity contribution in [2.24, 2.45) is 0 Å². The van der Waals surface area contributed by atoms with Crippen molar-refractivity contribution in [3.05, 3.63) is 88.5 Å². The fourth-order valence-electron chi connectivity index (χ4n) is 3.81. The van der Waals surface area contributed by atoms with E-state index in [-0.39, 0.29) is 22.3 Å². The predicted molar refractivity (Wildman–Crippen MR) is 113 cm³/mol. The maximum absolute atomic E-state index is 13.6. The first-order valence-electron chi connectivity index (χ1n) is 9.85. The lowest BCUT2D eigenvalue weighted by Crippen LogP contribution is -2.21. The van der Waals surface area contributed by atoms with Gasteiger partial charge in [0.05, 0.1) is 22.2 Å². The summed E-state index contributed by atoms with van der Waals surface area (Å²) in [6.07, 6.45) is -7.89. The number of carboxylic acid groups (broad SMARTS) is 1. The number of carbonyl (C=O) groups is 2. The lowest BCUT2D eigenvalue weighted by molar-refractivity contribution is -0.138. The van der Waals surface area contributed by atoms with Crippen molar-refractivity contribution in [1.29, 1.82) is 0 Å². The number of aromatic carboxylic acids is 1. The van der Waals surface area contributed by atoms with Crippen molar-refractivity contribution in [2.45, 2.75) is 19.5 Å². The van der Waals surface area contributed by atoms with Gasteiger partial charge in [-0.1, -0.05) is 36.4 Å². The summed E-state index contributed by atoms with van der Waals surface area (Å²) < 4.78 is 68.6.